The summed E-state index contributed by atoms with van der Waals surface area (Å²) in [4.78, 5) is 28.2. The summed E-state index contributed by atoms with van der Waals surface area (Å²) in [5.74, 6) is -0.250. The largest absolute Gasteiger partial charge is 0.352 e. The second-order valence-corrected chi connectivity index (χ2v) is 6.10. The van der Waals surface area contributed by atoms with Gasteiger partial charge in [0.15, 0.2) is 0 Å². The lowest BCUT2D eigenvalue weighted by Crippen LogP contribution is -2.49. The fourth-order valence-corrected chi connectivity index (χ4v) is 2.73. The summed E-state index contributed by atoms with van der Waals surface area (Å²) in [5, 5.41) is 5.33. The van der Waals surface area contributed by atoms with E-state index in [1.807, 2.05) is 6.92 Å². The molecule has 1 heterocycles. The molecule has 0 saturated heterocycles. The molecule has 0 aliphatic rings. The average molecular weight is 361 g/mol. The van der Waals surface area contributed by atoms with E-state index in [9.17, 15) is 14.0 Å². The average Bonchev–Trinajstić information content (AvgIpc) is 3.01. The number of benzene rings is 1. The number of halogens is 1. The predicted molar refractivity (Wildman–Crippen MR) is 95.6 cm³/mol. The topological polar surface area (TPSA) is 102 Å². The van der Waals surface area contributed by atoms with E-state index < -0.39 is 29.8 Å². The molecule has 1 aromatic heterocycles. The molecule has 0 saturated carbocycles. The lowest BCUT2D eigenvalue weighted by molar-refractivity contribution is -0.123. The van der Waals surface area contributed by atoms with Crippen LogP contribution in [0.25, 0.3) is 0 Å². The Hall–Kier alpha value is -2.90. The Kier molecular flexibility index (Phi) is 6.71. The van der Waals surface area contributed by atoms with Crippen molar-refractivity contribution in [3.63, 3.8) is 0 Å². The lowest BCUT2D eigenvalue weighted by Gasteiger charge is -2.23. The van der Waals surface area contributed by atoms with Crippen molar-refractivity contribution in [1.29, 1.82) is 0 Å². The van der Waals surface area contributed by atoms with Crippen molar-refractivity contribution in [1.82, 2.24) is 20.2 Å². The third kappa shape index (κ3) is 5.05. The molecule has 140 valence electrons. The molecule has 2 atom stereocenters. The Balaban J connectivity index is 2.29. The summed E-state index contributed by atoms with van der Waals surface area (Å²) in [7, 11) is 1.79. The van der Waals surface area contributed by atoms with Gasteiger partial charge in [0.2, 0.25) is 5.91 Å². The molecule has 3 amide bonds. The minimum atomic E-state index is -0.763. The van der Waals surface area contributed by atoms with Gasteiger partial charge in [-0.1, -0.05) is 31.9 Å². The molecule has 0 spiro atoms. The van der Waals surface area contributed by atoms with Gasteiger partial charge in [-0.25, -0.2) is 14.2 Å². The van der Waals surface area contributed by atoms with Crippen molar-refractivity contribution in [3.05, 3.63) is 53.9 Å². The molecule has 2 unspecified atom stereocenters. The number of nitrogens with zero attached hydrogens (tertiary/aromatic N) is 2. The van der Waals surface area contributed by atoms with Crippen molar-refractivity contribution in [3.8, 4) is 0 Å². The standard InChI is InChI=1S/C18H24FN5O2/c1-3-4-8-14(22-18(20)26)17(25)23-15(16-21-9-10-24(16)2)12-6-5-7-13(19)11-12/h5-7,9-11,14-15H,3-4,8H2,1-2H3,(H,23,25)(H3,20,22,26). The Morgan fingerprint density at radius 3 is 2.69 bits per heavy atom. The minimum Gasteiger partial charge on any atom is -0.352 e. The van der Waals surface area contributed by atoms with E-state index in [-0.39, 0.29) is 0 Å². The van der Waals surface area contributed by atoms with Crippen molar-refractivity contribution < 1.29 is 14.0 Å². The summed E-state index contributed by atoms with van der Waals surface area (Å²) in [6.45, 7) is 1.99. The van der Waals surface area contributed by atoms with E-state index in [1.165, 1.54) is 12.1 Å². The molecule has 2 aromatic rings. The molecule has 0 fully saturated rings. The number of rotatable bonds is 8. The first-order valence-electron chi connectivity index (χ1n) is 8.51. The molecule has 4 N–H and O–H groups in total. The van der Waals surface area contributed by atoms with Crippen LogP contribution in [0.15, 0.2) is 36.7 Å². The van der Waals surface area contributed by atoms with Crippen molar-refractivity contribution in [2.24, 2.45) is 12.8 Å². The van der Waals surface area contributed by atoms with Crippen LogP contribution in [0, 0.1) is 5.82 Å². The highest BCUT2D eigenvalue weighted by atomic mass is 19.1. The van der Waals surface area contributed by atoms with E-state index in [1.54, 1.807) is 36.1 Å². The third-order valence-electron chi connectivity index (χ3n) is 4.06. The van der Waals surface area contributed by atoms with E-state index in [4.69, 9.17) is 5.73 Å². The number of carbonyl (C=O) groups is 2. The second-order valence-electron chi connectivity index (χ2n) is 6.10. The first-order valence-corrected chi connectivity index (χ1v) is 8.51. The maximum Gasteiger partial charge on any atom is 0.312 e. The normalized spacial score (nSPS) is 13.0. The number of aromatic nitrogens is 2. The van der Waals surface area contributed by atoms with Crippen LogP contribution < -0.4 is 16.4 Å². The first-order chi connectivity index (χ1) is 12.4. The van der Waals surface area contributed by atoms with Crippen LogP contribution in [-0.2, 0) is 11.8 Å². The number of nitrogens with two attached hydrogens (primary N) is 1. The zero-order chi connectivity index (χ0) is 19.1. The van der Waals surface area contributed by atoms with Gasteiger partial charge >= 0.3 is 6.03 Å². The van der Waals surface area contributed by atoms with Crippen LogP contribution >= 0.6 is 0 Å². The highest BCUT2D eigenvalue weighted by molar-refractivity contribution is 5.87. The number of carbonyl (C=O) groups excluding carboxylic acids is 2. The number of amides is 3. The van der Waals surface area contributed by atoms with Crippen LogP contribution in [0.2, 0.25) is 0 Å². The van der Waals surface area contributed by atoms with Crippen LogP contribution in [-0.4, -0.2) is 27.5 Å². The van der Waals surface area contributed by atoms with Gasteiger partial charge in [-0.15, -0.1) is 0 Å². The van der Waals surface area contributed by atoms with Gasteiger partial charge in [0.25, 0.3) is 0 Å². The first kappa shape index (κ1) is 19.4. The zero-order valence-electron chi connectivity index (χ0n) is 14.9. The van der Waals surface area contributed by atoms with Gasteiger partial charge in [0.05, 0.1) is 0 Å². The third-order valence-corrected chi connectivity index (χ3v) is 4.06. The number of nitrogens with one attached hydrogen (secondary N) is 2. The lowest BCUT2D eigenvalue weighted by atomic mass is 10.0. The molecular weight excluding hydrogens is 337 g/mol. The summed E-state index contributed by atoms with van der Waals surface area (Å²) in [5.41, 5.74) is 5.74. The quantitative estimate of drug-likeness (QED) is 0.670. The molecule has 8 heteroatoms. The van der Waals surface area contributed by atoms with Crippen molar-refractivity contribution >= 4 is 11.9 Å². The van der Waals surface area contributed by atoms with Gasteiger partial charge in [-0.2, -0.15) is 0 Å². The van der Waals surface area contributed by atoms with Crippen molar-refractivity contribution in [2.75, 3.05) is 0 Å². The summed E-state index contributed by atoms with van der Waals surface area (Å²) in [6.07, 6.45) is 5.43. The number of urea groups is 1. The Bertz CT molecular complexity index is 762. The molecule has 0 aliphatic carbocycles. The zero-order valence-corrected chi connectivity index (χ0v) is 14.9. The monoisotopic (exact) mass is 361 g/mol. The fraction of sp³-hybridized carbons (Fsp3) is 0.389. The number of primary amides is 1. The van der Waals surface area contributed by atoms with Crippen molar-refractivity contribution in [2.45, 2.75) is 38.3 Å². The second kappa shape index (κ2) is 8.98. The Morgan fingerprint density at radius 1 is 1.35 bits per heavy atom. The molecule has 0 bridgehead atoms. The number of hydrogen-bond acceptors (Lipinski definition) is 3. The van der Waals surface area contributed by atoms with Crippen LogP contribution in [0.4, 0.5) is 9.18 Å². The van der Waals surface area contributed by atoms with Gasteiger partial charge < -0.3 is 20.9 Å². The van der Waals surface area contributed by atoms with E-state index in [0.29, 0.717) is 17.8 Å². The van der Waals surface area contributed by atoms with Crippen LogP contribution in [0.1, 0.15) is 43.6 Å². The maximum atomic E-state index is 13.7. The van der Waals surface area contributed by atoms with E-state index in [0.717, 1.165) is 12.8 Å². The van der Waals surface area contributed by atoms with E-state index in [2.05, 4.69) is 15.6 Å². The molecule has 0 radical (unpaired) electrons. The van der Waals surface area contributed by atoms with Gasteiger partial charge in [-0.3, -0.25) is 4.79 Å². The maximum absolute atomic E-state index is 13.7. The van der Waals surface area contributed by atoms with Gasteiger partial charge in [0, 0.05) is 19.4 Å². The SMILES string of the molecule is CCCCC(NC(N)=O)C(=O)NC(c1cccc(F)c1)c1nccn1C. The number of aryl methyl sites for hydroxylation is 1. The van der Waals surface area contributed by atoms with Gasteiger partial charge in [0.1, 0.15) is 23.7 Å². The minimum absolute atomic E-state index is 0.394. The fourth-order valence-electron chi connectivity index (χ4n) is 2.73. The summed E-state index contributed by atoms with van der Waals surface area (Å²) < 4.78 is 15.4. The molecular formula is C18H24FN5O2. The molecule has 1 aromatic carbocycles. The number of imidazole rings is 1. The Morgan fingerprint density at radius 2 is 2.12 bits per heavy atom. The van der Waals surface area contributed by atoms with Crippen LogP contribution in [0.3, 0.4) is 0 Å². The smallest absolute Gasteiger partial charge is 0.312 e. The molecule has 7 nitrogen and oxygen atoms in total. The summed E-state index contributed by atoms with van der Waals surface area (Å²) >= 11 is 0. The number of unbranched alkanes of at least 4 members (excludes halogenated alkanes) is 1. The summed E-state index contributed by atoms with van der Waals surface area (Å²) in [6, 6.07) is 3.79. The van der Waals surface area contributed by atoms with E-state index >= 15 is 0 Å². The highest BCUT2D eigenvalue weighted by Gasteiger charge is 2.26. The molecule has 26 heavy (non-hydrogen) atoms. The van der Waals surface area contributed by atoms with Gasteiger partial charge in [-0.05, 0) is 24.1 Å². The molecule has 2 rings (SSSR count). The predicted octanol–water partition coefficient (Wildman–Crippen LogP) is 1.99. The van der Waals surface area contributed by atoms with Crippen LogP contribution in [0.5, 0.6) is 0 Å². The number of hydrogen-bond donors (Lipinski definition) is 3. The molecule has 0 aliphatic heterocycles. The highest BCUT2D eigenvalue weighted by Crippen LogP contribution is 2.21. The Labute approximate surface area is 151 Å².